The molecule has 1 heteroatoms. The molecule has 0 saturated carbocycles. The topological polar surface area (TPSA) is 12.0 Å². The minimum absolute atomic E-state index is 0.628. The molecule has 0 radical (unpaired) electrons. The fraction of sp³-hybridized carbons (Fsp3) is 0.857. The maximum atomic E-state index is 3.43. The zero-order valence-corrected chi connectivity index (χ0v) is 10.9. The molecule has 0 aliphatic carbocycles. The van der Waals surface area contributed by atoms with Crippen LogP contribution in [0.1, 0.15) is 65.7 Å². The maximum Gasteiger partial charge on any atom is 0.00103 e. The van der Waals surface area contributed by atoms with Gasteiger partial charge in [0.1, 0.15) is 0 Å². The maximum absolute atomic E-state index is 3.43. The molecule has 0 unspecified atom stereocenters. The molecular formula is C14H29N. The molecule has 15 heavy (non-hydrogen) atoms. The average molecular weight is 211 g/mol. The van der Waals surface area contributed by atoms with Gasteiger partial charge in [-0.05, 0) is 32.2 Å². The Kier molecular flexibility index (Phi) is 11.5. The highest BCUT2D eigenvalue weighted by atomic mass is 14.9. The molecule has 0 heterocycles. The van der Waals surface area contributed by atoms with E-state index in [2.05, 4.69) is 38.2 Å². The Bertz CT molecular complexity index is 138. The molecule has 0 atom stereocenters. The van der Waals surface area contributed by atoms with Crippen LogP contribution in [-0.4, -0.2) is 12.6 Å². The predicted octanol–water partition coefficient (Wildman–Crippen LogP) is 4.29. The van der Waals surface area contributed by atoms with Crippen LogP contribution in [0.15, 0.2) is 12.2 Å². The van der Waals surface area contributed by atoms with Crippen molar-refractivity contribution in [2.45, 2.75) is 71.8 Å². The Morgan fingerprint density at radius 1 is 0.933 bits per heavy atom. The largest absolute Gasteiger partial charge is 0.315 e. The van der Waals surface area contributed by atoms with Crippen molar-refractivity contribution in [2.75, 3.05) is 6.54 Å². The number of unbranched alkanes of at least 4 members (excludes halogenated alkanes) is 5. The van der Waals surface area contributed by atoms with Crippen molar-refractivity contribution in [3.8, 4) is 0 Å². The van der Waals surface area contributed by atoms with Crippen molar-refractivity contribution in [1.29, 1.82) is 0 Å². The molecule has 0 aromatic carbocycles. The summed E-state index contributed by atoms with van der Waals surface area (Å²) < 4.78 is 0. The van der Waals surface area contributed by atoms with Crippen LogP contribution in [0.5, 0.6) is 0 Å². The highest BCUT2D eigenvalue weighted by molar-refractivity contribution is 4.81. The first kappa shape index (κ1) is 14.7. The van der Waals surface area contributed by atoms with E-state index >= 15 is 0 Å². The second-order valence-electron chi connectivity index (χ2n) is 4.57. The van der Waals surface area contributed by atoms with E-state index in [1.54, 1.807) is 0 Å². The van der Waals surface area contributed by atoms with Gasteiger partial charge in [-0.3, -0.25) is 0 Å². The van der Waals surface area contributed by atoms with E-state index in [0.717, 1.165) is 6.54 Å². The highest BCUT2D eigenvalue weighted by Crippen LogP contribution is 2.03. The Hall–Kier alpha value is -0.300. The summed E-state index contributed by atoms with van der Waals surface area (Å²) in [4.78, 5) is 0. The van der Waals surface area contributed by atoms with Crippen LogP contribution in [0.4, 0.5) is 0 Å². The van der Waals surface area contributed by atoms with Gasteiger partial charge in [0.05, 0.1) is 0 Å². The molecule has 90 valence electrons. The zero-order valence-electron chi connectivity index (χ0n) is 10.9. The summed E-state index contributed by atoms with van der Waals surface area (Å²) in [6.07, 6.45) is 14.0. The average Bonchev–Trinajstić information content (AvgIpc) is 2.20. The zero-order chi connectivity index (χ0) is 11.4. The SMILES string of the molecule is CCCCCCC=CCCCNC(C)C. The molecule has 0 aromatic rings. The Morgan fingerprint density at radius 3 is 2.20 bits per heavy atom. The smallest absolute Gasteiger partial charge is 0.00103 e. The lowest BCUT2D eigenvalue weighted by Gasteiger charge is -2.05. The Balaban J connectivity index is 3.04. The summed E-state index contributed by atoms with van der Waals surface area (Å²) >= 11 is 0. The van der Waals surface area contributed by atoms with E-state index in [9.17, 15) is 0 Å². The minimum atomic E-state index is 0.628. The van der Waals surface area contributed by atoms with Gasteiger partial charge in [0.25, 0.3) is 0 Å². The Labute approximate surface area is 96.3 Å². The van der Waals surface area contributed by atoms with Crippen molar-refractivity contribution in [3.05, 3.63) is 12.2 Å². The lowest BCUT2D eigenvalue weighted by molar-refractivity contribution is 0.573. The van der Waals surface area contributed by atoms with Crippen molar-refractivity contribution >= 4 is 0 Å². The second-order valence-corrected chi connectivity index (χ2v) is 4.57. The normalized spacial score (nSPS) is 11.7. The molecule has 1 N–H and O–H groups in total. The number of allylic oxidation sites excluding steroid dienone is 2. The third kappa shape index (κ3) is 13.7. The van der Waals surface area contributed by atoms with Crippen LogP contribution in [0.3, 0.4) is 0 Å². The van der Waals surface area contributed by atoms with Gasteiger partial charge in [-0.2, -0.15) is 0 Å². The van der Waals surface area contributed by atoms with Gasteiger partial charge < -0.3 is 5.32 Å². The van der Waals surface area contributed by atoms with E-state index in [-0.39, 0.29) is 0 Å². The van der Waals surface area contributed by atoms with Gasteiger partial charge in [-0.15, -0.1) is 0 Å². The second kappa shape index (κ2) is 11.8. The predicted molar refractivity (Wildman–Crippen MR) is 70.3 cm³/mol. The van der Waals surface area contributed by atoms with Crippen LogP contribution >= 0.6 is 0 Å². The summed E-state index contributed by atoms with van der Waals surface area (Å²) in [5.74, 6) is 0. The van der Waals surface area contributed by atoms with Gasteiger partial charge in [-0.1, -0.05) is 52.2 Å². The van der Waals surface area contributed by atoms with Gasteiger partial charge in [0.15, 0.2) is 0 Å². The minimum Gasteiger partial charge on any atom is -0.315 e. The quantitative estimate of drug-likeness (QED) is 0.420. The number of hydrogen-bond acceptors (Lipinski definition) is 1. The first-order valence-corrected chi connectivity index (χ1v) is 6.65. The van der Waals surface area contributed by atoms with E-state index in [1.807, 2.05) is 0 Å². The van der Waals surface area contributed by atoms with Crippen LogP contribution in [0.2, 0.25) is 0 Å². The molecule has 0 aliphatic heterocycles. The lowest BCUT2D eigenvalue weighted by Crippen LogP contribution is -2.23. The molecular weight excluding hydrogens is 182 g/mol. The van der Waals surface area contributed by atoms with E-state index in [0.29, 0.717) is 6.04 Å². The van der Waals surface area contributed by atoms with Crippen LogP contribution < -0.4 is 5.32 Å². The summed E-state index contributed by atoms with van der Waals surface area (Å²) in [7, 11) is 0. The van der Waals surface area contributed by atoms with Crippen LogP contribution in [0, 0.1) is 0 Å². The molecule has 0 rings (SSSR count). The third-order valence-corrected chi connectivity index (χ3v) is 2.49. The first-order valence-electron chi connectivity index (χ1n) is 6.65. The first-order chi connectivity index (χ1) is 7.27. The van der Waals surface area contributed by atoms with Gasteiger partial charge in [0.2, 0.25) is 0 Å². The van der Waals surface area contributed by atoms with Gasteiger partial charge in [0, 0.05) is 6.04 Å². The molecule has 0 spiro atoms. The van der Waals surface area contributed by atoms with Crippen molar-refractivity contribution in [2.24, 2.45) is 0 Å². The number of hydrogen-bond donors (Lipinski definition) is 1. The highest BCUT2D eigenvalue weighted by Gasteiger charge is 1.89. The third-order valence-electron chi connectivity index (χ3n) is 2.49. The molecule has 1 nitrogen and oxygen atoms in total. The lowest BCUT2D eigenvalue weighted by atomic mass is 10.1. The monoisotopic (exact) mass is 211 g/mol. The fourth-order valence-corrected chi connectivity index (χ4v) is 1.54. The molecule has 0 amide bonds. The molecule has 0 saturated heterocycles. The number of rotatable bonds is 10. The van der Waals surface area contributed by atoms with Gasteiger partial charge in [-0.25, -0.2) is 0 Å². The summed E-state index contributed by atoms with van der Waals surface area (Å²) in [6, 6.07) is 0.628. The number of nitrogens with one attached hydrogen (secondary N) is 1. The molecule has 0 bridgehead atoms. The standard InChI is InChI=1S/C14H29N/c1-4-5-6-7-8-9-10-11-12-13-15-14(2)3/h9-10,14-15H,4-8,11-13H2,1-3H3. The van der Waals surface area contributed by atoms with Gasteiger partial charge >= 0.3 is 0 Å². The van der Waals surface area contributed by atoms with Crippen molar-refractivity contribution in [1.82, 2.24) is 5.32 Å². The summed E-state index contributed by atoms with van der Waals surface area (Å²) in [6.45, 7) is 7.81. The van der Waals surface area contributed by atoms with Crippen molar-refractivity contribution in [3.63, 3.8) is 0 Å². The Morgan fingerprint density at radius 2 is 1.60 bits per heavy atom. The molecule has 0 aromatic heterocycles. The van der Waals surface area contributed by atoms with Crippen LogP contribution in [0.25, 0.3) is 0 Å². The van der Waals surface area contributed by atoms with Crippen molar-refractivity contribution < 1.29 is 0 Å². The summed E-state index contributed by atoms with van der Waals surface area (Å²) in [5, 5.41) is 3.43. The fourth-order valence-electron chi connectivity index (χ4n) is 1.54. The van der Waals surface area contributed by atoms with E-state index < -0.39 is 0 Å². The van der Waals surface area contributed by atoms with E-state index in [4.69, 9.17) is 0 Å². The van der Waals surface area contributed by atoms with Crippen LogP contribution in [-0.2, 0) is 0 Å². The molecule has 0 aliphatic rings. The molecule has 0 fully saturated rings. The summed E-state index contributed by atoms with van der Waals surface area (Å²) in [5.41, 5.74) is 0. The van der Waals surface area contributed by atoms with E-state index in [1.165, 1.54) is 44.9 Å².